The Bertz CT molecular complexity index is 414. The van der Waals surface area contributed by atoms with Crippen molar-refractivity contribution in [1.29, 1.82) is 0 Å². The van der Waals surface area contributed by atoms with Crippen LogP contribution in [-0.2, 0) is 11.3 Å². The third kappa shape index (κ3) is 4.39. The monoisotopic (exact) mass is 279 g/mol. The maximum absolute atomic E-state index is 6.10. The van der Waals surface area contributed by atoms with E-state index in [4.69, 9.17) is 14.2 Å². The Morgan fingerprint density at radius 3 is 2.90 bits per heavy atom. The molecule has 1 fully saturated rings. The third-order valence-corrected chi connectivity index (χ3v) is 3.38. The molecule has 1 heterocycles. The largest absolute Gasteiger partial charge is 0.497 e. The second-order valence-corrected chi connectivity index (χ2v) is 5.47. The van der Waals surface area contributed by atoms with Crippen molar-refractivity contribution in [2.45, 2.75) is 45.4 Å². The smallest absolute Gasteiger partial charge is 0.124 e. The van der Waals surface area contributed by atoms with Crippen molar-refractivity contribution in [2.75, 3.05) is 20.3 Å². The molecule has 0 aliphatic carbocycles. The average molecular weight is 279 g/mol. The van der Waals surface area contributed by atoms with Gasteiger partial charge < -0.3 is 19.5 Å². The summed E-state index contributed by atoms with van der Waals surface area (Å²) in [5.74, 6) is 1.78. The van der Waals surface area contributed by atoms with E-state index in [1.807, 2.05) is 18.2 Å². The maximum Gasteiger partial charge on any atom is 0.124 e. The molecule has 0 amide bonds. The highest BCUT2D eigenvalue weighted by Crippen LogP contribution is 2.26. The Balaban J connectivity index is 2.08. The topological polar surface area (TPSA) is 39.7 Å². The SMILES string of the molecule is COc1ccc(OC2CCCOC2)c(CNC(C)C)c1. The number of benzene rings is 1. The first-order valence-corrected chi connectivity index (χ1v) is 7.33. The van der Waals surface area contributed by atoms with Crippen LogP contribution in [0.1, 0.15) is 32.3 Å². The van der Waals surface area contributed by atoms with E-state index in [-0.39, 0.29) is 6.10 Å². The van der Waals surface area contributed by atoms with Crippen molar-refractivity contribution in [3.05, 3.63) is 23.8 Å². The molecule has 1 unspecified atom stereocenters. The van der Waals surface area contributed by atoms with Gasteiger partial charge in [0, 0.05) is 24.8 Å². The Kier molecular flexibility index (Phi) is 5.68. The Labute approximate surface area is 121 Å². The van der Waals surface area contributed by atoms with Crippen LogP contribution in [0.25, 0.3) is 0 Å². The fraction of sp³-hybridized carbons (Fsp3) is 0.625. The van der Waals surface area contributed by atoms with Crippen molar-refractivity contribution < 1.29 is 14.2 Å². The van der Waals surface area contributed by atoms with E-state index in [0.717, 1.165) is 43.1 Å². The van der Waals surface area contributed by atoms with Crippen LogP contribution in [0.2, 0.25) is 0 Å². The number of ether oxygens (including phenoxy) is 3. The van der Waals surface area contributed by atoms with Gasteiger partial charge in [0.25, 0.3) is 0 Å². The molecule has 1 saturated heterocycles. The number of hydrogen-bond acceptors (Lipinski definition) is 4. The molecule has 4 nitrogen and oxygen atoms in total. The summed E-state index contributed by atoms with van der Waals surface area (Å²) in [7, 11) is 1.69. The number of rotatable bonds is 6. The summed E-state index contributed by atoms with van der Waals surface area (Å²) in [5.41, 5.74) is 1.13. The van der Waals surface area contributed by atoms with E-state index in [2.05, 4.69) is 19.2 Å². The molecule has 20 heavy (non-hydrogen) atoms. The van der Waals surface area contributed by atoms with Gasteiger partial charge in [-0.2, -0.15) is 0 Å². The summed E-state index contributed by atoms with van der Waals surface area (Å²) < 4.78 is 16.9. The van der Waals surface area contributed by atoms with E-state index in [0.29, 0.717) is 12.6 Å². The van der Waals surface area contributed by atoms with Gasteiger partial charge in [-0.3, -0.25) is 0 Å². The lowest BCUT2D eigenvalue weighted by molar-refractivity contribution is 0.00697. The zero-order chi connectivity index (χ0) is 14.4. The van der Waals surface area contributed by atoms with E-state index in [9.17, 15) is 0 Å². The van der Waals surface area contributed by atoms with Gasteiger partial charge in [-0.05, 0) is 31.0 Å². The maximum atomic E-state index is 6.10. The standard InChI is InChI=1S/C16H25NO3/c1-12(2)17-10-13-9-14(18-3)6-7-16(13)20-15-5-4-8-19-11-15/h6-7,9,12,15,17H,4-5,8,10-11H2,1-3H3. The Morgan fingerprint density at radius 2 is 2.25 bits per heavy atom. The quantitative estimate of drug-likeness (QED) is 0.869. The molecule has 1 atom stereocenters. The van der Waals surface area contributed by atoms with Gasteiger partial charge in [-0.1, -0.05) is 13.8 Å². The summed E-state index contributed by atoms with van der Waals surface area (Å²) in [6.45, 7) is 6.58. The molecular formula is C16H25NO3. The van der Waals surface area contributed by atoms with Crippen molar-refractivity contribution in [3.63, 3.8) is 0 Å². The summed E-state index contributed by atoms with van der Waals surface area (Å²) >= 11 is 0. The van der Waals surface area contributed by atoms with Crippen molar-refractivity contribution in [2.24, 2.45) is 0 Å². The van der Waals surface area contributed by atoms with E-state index >= 15 is 0 Å². The molecule has 1 aliphatic rings. The summed E-state index contributed by atoms with van der Waals surface area (Å²) in [4.78, 5) is 0. The number of nitrogens with one attached hydrogen (secondary N) is 1. The summed E-state index contributed by atoms with van der Waals surface area (Å²) in [5, 5.41) is 3.42. The predicted molar refractivity (Wildman–Crippen MR) is 79.4 cm³/mol. The van der Waals surface area contributed by atoms with Crippen molar-refractivity contribution >= 4 is 0 Å². The second-order valence-electron chi connectivity index (χ2n) is 5.47. The van der Waals surface area contributed by atoms with Gasteiger partial charge in [-0.15, -0.1) is 0 Å². The molecule has 2 rings (SSSR count). The van der Waals surface area contributed by atoms with Gasteiger partial charge in [0.2, 0.25) is 0 Å². The van der Waals surface area contributed by atoms with Gasteiger partial charge in [0.05, 0.1) is 13.7 Å². The zero-order valence-electron chi connectivity index (χ0n) is 12.6. The van der Waals surface area contributed by atoms with Gasteiger partial charge in [0.15, 0.2) is 0 Å². The molecule has 112 valence electrons. The molecule has 0 spiro atoms. The highest BCUT2D eigenvalue weighted by atomic mass is 16.5. The van der Waals surface area contributed by atoms with Crippen LogP contribution in [0.4, 0.5) is 0 Å². The Morgan fingerprint density at radius 1 is 1.40 bits per heavy atom. The van der Waals surface area contributed by atoms with Crippen molar-refractivity contribution in [3.8, 4) is 11.5 Å². The van der Waals surface area contributed by atoms with Crippen LogP contribution >= 0.6 is 0 Å². The predicted octanol–water partition coefficient (Wildman–Crippen LogP) is 2.75. The van der Waals surface area contributed by atoms with Crippen LogP contribution in [0, 0.1) is 0 Å². The van der Waals surface area contributed by atoms with Gasteiger partial charge >= 0.3 is 0 Å². The molecule has 4 heteroatoms. The second kappa shape index (κ2) is 7.50. The fourth-order valence-corrected chi connectivity index (χ4v) is 2.23. The molecule has 1 N–H and O–H groups in total. The van der Waals surface area contributed by atoms with Gasteiger partial charge in [0.1, 0.15) is 17.6 Å². The normalized spacial score (nSPS) is 19.1. The highest BCUT2D eigenvalue weighted by molar-refractivity contribution is 5.40. The molecule has 0 aromatic heterocycles. The fourth-order valence-electron chi connectivity index (χ4n) is 2.23. The minimum atomic E-state index is 0.162. The molecule has 0 saturated carbocycles. The highest BCUT2D eigenvalue weighted by Gasteiger charge is 2.17. The lowest BCUT2D eigenvalue weighted by atomic mass is 10.1. The van der Waals surface area contributed by atoms with Crippen LogP contribution in [-0.4, -0.2) is 32.5 Å². The summed E-state index contributed by atoms with van der Waals surface area (Å²) in [6, 6.07) is 6.41. The van der Waals surface area contributed by atoms with E-state index in [1.54, 1.807) is 7.11 Å². The van der Waals surface area contributed by atoms with E-state index in [1.165, 1.54) is 0 Å². The van der Waals surface area contributed by atoms with Crippen LogP contribution < -0.4 is 14.8 Å². The number of hydrogen-bond donors (Lipinski definition) is 1. The molecule has 1 aromatic rings. The first-order chi connectivity index (χ1) is 9.69. The third-order valence-electron chi connectivity index (χ3n) is 3.38. The van der Waals surface area contributed by atoms with Crippen LogP contribution in [0.5, 0.6) is 11.5 Å². The first-order valence-electron chi connectivity index (χ1n) is 7.33. The average Bonchev–Trinajstić information content (AvgIpc) is 2.47. The van der Waals surface area contributed by atoms with Crippen LogP contribution in [0.3, 0.4) is 0 Å². The van der Waals surface area contributed by atoms with Gasteiger partial charge in [-0.25, -0.2) is 0 Å². The lowest BCUT2D eigenvalue weighted by Gasteiger charge is -2.25. The molecular weight excluding hydrogens is 254 g/mol. The first kappa shape index (κ1) is 15.1. The lowest BCUT2D eigenvalue weighted by Crippen LogP contribution is -2.29. The minimum Gasteiger partial charge on any atom is -0.497 e. The Hall–Kier alpha value is -1.26. The zero-order valence-corrected chi connectivity index (χ0v) is 12.6. The molecule has 0 radical (unpaired) electrons. The number of methoxy groups -OCH3 is 1. The van der Waals surface area contributed by atoms with Crippen LogP contribution in [0.15, 0.2) is 18.2 Å². The van der Waals surface area contributed by atoms with E-state index < -0.39 is 0 Å². The van der Waals surface area contributed by atoms with Crippen molar-refractivity contribution in [1.82, 2.24) is 5.32 Å². The summed E-state index contributed by atoms with van der Waals surface area (Å²) in [6.07, 6.45) is 2.29. The molecule has 0 bridgehead atoms. The minimum absolute atomic E-state index is 0.162. The molecule has 1 aliphatic heterocycles. The molecule has 1 aromatic carbocycles.